The van der Waals surface area contributed by atoms with Crippen LogP contribution >= 0.6 is 0 Å². The molecule has 21 heavy (non-hydrogen) atoms. The minimum Gasteiger partial charge on any atom is -0.497 e. The van der Waals surface area contributed by atoms with Crippen LogP contribution < -0.4 is 9.46 Å². The number of nitro groups is 1. The maximum atomic E-state index is 12.1. The quantitative estimate of drug-likeness (QED) is 0.627. The second-order valence-electron chi connectivity index (χ2n) is 4.37. The Morgan fingerprint density at radius 3 is 2.57 bits per heavy atom. The fraction of sp³-hybridized carbons (Fsp3) is 0.417. The van der Waals surface area contributed by atoms with E-state index in [0.717, 1.165) is 12.1 Å². The van der Waals surface area contributed by atoms with Crippen molar-refractivity contribution in [3.63, 3.8) is 0 Å². The van der Waals surface area contributed by atoms with Gasteiger partial charge >= 0.3 is 0 Å². The van der Waals surface area contributed by atoms with Crippen LogP contribution in [0.2, 0.25) is 0 Å². The van der Waals surface area contributed by atoms with Crippen LogP contribution in [0.5, 0.6) is 5.75 Å². The van der Waals surface area contributed by atoms with Crippen molar-refractivity contribution in [3.8, 4) is 5.75 Å². The van der Waals surface area contributed by atoms with E-state index in [4.69, 9.17) is 4.74 Å². The largest absolute Gasteiger partial charge is 0.497 e. The van der Waals surface area contributed by atoms with Gasteiger partial charge in [-0.25, -0.2) is 13.1 Å². The molecular weight excluding hydrogens is 300 g/mol. The molecule has 0 aliphatic heterocycles. The lowest BCUT2D eigenvalue weighted by atomic mass is 10.1. The van der Waals surface area contributed by atoms with Crippen LogP contribution in [0.1, 0.15) is 20.3 Å². The maximum absolute atomic E-state index is 12.1. The normalized spacial score (nSPS) is 12.5. The molecule has 8 nitrogen and oxygen atoms in total. The number of hydrogen-bond acceptors (Lipinski definition) is 6. The van der Waals surface area contributed by atoms with Gasteiger partial charge in [0.1, 0.15) is 5.75 Å². The number of ether oxygens (including phenoxy) is 1. The second-order valence-corrected chi connectivity index (χ2v) is 6.02. The molecule has 1 rings (SSSR count). The third kappa shape index (κ3) is 3.91. The van der Waals surface area contributed by atoms with E-state index >= 15 is 0 Å². The van der Waals surface area contributed by atoms with E-state index in [-0.39, 0.29) is 5.75 Å². The number of nitrogens with one attached hydrogen (secondary N) is 1. The van der Waals surface area contributed by atoms with Gasteiger partial charge in [0, 0.05) is 5.92 Å². The first-order valence-electron chi connectivity index (χ1n) is 6.12. The first-order valence-corrected chi connectivity index (χ1v) is 7.60. The highest BCUT2D eigenvalue weighted by atomic mass is 32.2. The highest BCUT2D eigenvalue weighted by Crippen LogP contribution is 2.28. The van der Waals surface area contributed by atoms with Crippen molar-refractivity contribution in [1.29, 1.82) is 0 Å². The molecule has 0 saturated carbocycles. The summed E-state index contributed by atoms with van der Waals surface area (Å²) in [5, 5.41) is 11.0. The van der Waals surface area contributed by atoms with E-state index in [1.165, 1.54) is 13.2 Å². The van der Waals surface area contributed by atoms with Crippen LogP contribution in [0.3, 0.4) is 0 Å². The zero-order valence-electron chi connectivity index (χ0n) is 11.8. The Bertz CT molecular complexity index is 656. The van der Waals surface area contributed by atoms with Gasteiger partial charge in [-0.1, -0.05) is 13.8 Å². The summed E-state index contributed by atoms with van der Waals surface area (Å²) >= 11 is 0. The molecule has 0 aliphatic carbocycles. The van der Waals surface area contributed by atoms with Crippen molar-refractivity contribution < 1.29 is 22.9 Å². The van der Waals surface area contributed by atoms with Crippen molar-refractivity contribution >= 4 is 21.6 Å². The molecule has 1 amide bonds. The minimum atomic E-state index is -4.31. The van der Waals surface area contributed by atoms with E-state index in [9.17, 15) is 23.3 Å². The molecule has 9 heteroatoms. The average molecular weight is 316 g/mol. The predicted octanol–water partition coefficient (Wildman–Crippen LogP) is 1.45. The Balaban J connectivity index is 3.25. The second kappa shape index (κ2) is 6.53. The van der Waals surface area contributed by atoms with Crippen LogP contribution in [-0.2, 0) is 14.8 Å². The zero-order chi connectivity index (χ0) is 16.2. The van der Waals surface area contributed by atoms with Gasteiger partial charge in [0.2, 0.25) is 5.91 Å². The summed E-state index contributed by atoms with van der Waals surface area (Å²) in [4.78, 5) is 21.2. The van der Waals surface area contributed by atoms with Gasteiger partial charge in [-0.15, -0.1) is 0 Å². The average Bonchev–Trinajstić information content (AvgIpc) is 2.44. The van der Waals surface area contributed by atoms with E-state index in [1.54, 1.807) is 13.8 Å². The van der Waals surface area contributed by atoms with Gasteiger partial charge in [0.25, 0.3) is 15.7 Å². The molecule has 0 bridgehead atoms. The first kappa shape index (κ1) is 16.9. The molecule has 116 valence electrons. The molecule has 0 aliphatic rings. The summed E-state index contributed by atoms with van der Waals surface area (Å²) in [6, 6.07) is 3.29. The highest BCUT2D eigenvalue weighted by molar-refractivity contribution is 7.90. The molecule has 1 N–H and O–H groups in total. The van der Waals surface area contributed by atoms with Gasteiger partial charge in [-0.3, -0.25) is 14.9 Å². The van der Waals surface area contributed by atoms with Gasteiger partial charge < -0.3 is 4.74 Å². The molecule has 1 atom stereocenters. The fourth-order valence-corrected chi connectivity index (χ4v) is 2.70. The molecule has 1 unspecified atom stereocenters. The predicted molar refractivity (Wildman–Crippen MR) is 74.4 cm³/mol. The number of sulfonamides is 1. The topological polar surface area (TPSA) is 116 Å². The van der Waals surface area contributed by atoms with Crippen LogP contribution in [0.25, 0.3) is 0 Å². The number of carbonyl (C=O) groups is 1. The molecule has 0 heterocycles. The summed E-state index contributed by atoms with van der Waals surface area (Å²) in [7, 11) is -3.01. The molecule has 0 radical (unpaired) electrons. The Morgan fingerprint density at radius 1 is 1.48 bits per heavy atom. The number of nitro benzene ring substituents is 1. The summed E-state index contributed by atoms with van der Waals surface area (Å²) in [5.41, 5.74) is -0.654. The van der Waals surface area contributed by atoms with Crippen LogP contribution in [0.15, 0.2) is 23.1 Å². The first-order chi connectivity index (χ1) is 9.72. The molecular formula is C12H16N2O6S. The minimum absolute atomic E-state index is 0.147. The third-order valence-electron chi connectivity index (χ3n) is 2.95. The lowest BCUT2D eigenvalue weighted by molar-refractivity contribution is -0.387. The molecule has 0 aromatic heterocycles. The summed E-state index contributed by atoms with van der Waals surface area (Å²) in [6.45, 7) is 3.29. The van der Waals surface area contributed by atoms with Crippen molar-refractivity contribution in [2.45, 2.75) is 25.2 Å². The SMILES string of the molecule is CCC(C)C(=O)NS(=O)(=O)c1ccc(OC)cc1[N+](=O)[O-]. The number of nitrogens with zero attached hydrogens (tertiary/aromatic N) is 1. The molecule has 0 saturated heterocycles. The van der Waals surface area contributed by atoms with Crippen molar-refractivity contribution in [2.75, 3.05) is 7.11 Å². The Hall–Kier alpha value is -2.16. The monoisotopic (exact) mass is 316 g/mol. The number of carbonyl (C=O) groups excluding carboxylic acids is 1. The number of hydrogen-bond donors (Lipinski definition) is 1. The van der Waals surface area contributed by atoms with Gasteiger partial charge in [-0.2, -0.15) is 0 Å². The van der Waals surface area contributed by atoms with Crippen molar-refractivity contribution in [3.05, 3.63) is 28.3 Å². The number of benzene rings is 1. The zero-order valence-corrected chi connectivity index (χ0v) is 12.6. The smallest absolute Gasteiger partial charge is 0.293 e. The fourth-order valence-electron chi connectivity index (χ4n) is 1.47. The Labute approximate surface area is 122 Å². The molecule has 1 aromatic rings. The Morgan fingerprint density at radius 2 is 2.10 bits per heavy atom. The van der Waals surface area contributed by atoms with Crippen molar-refractivity contribution in [2.24, 2.45) is 5.92 Å². The molecule has 0 fully saturated rings. The number of methoxy groups -OCH3 is 1. The summed E-state index contributed by atoms with van der Waals surface area (Å²) in [5.74, 6) is -1.08. The van der Waals surface area contributed by atoms with Gasteiger partial charge in [0.15, 0.2) is 4.90 Å². The van der Waals surface area contributed by atoms with Crippen LogP contribution in [-0.4, -0.2) is 26.4 Å². The summed E-state index contributed by atoms with van der Waals surface area (Å²) < 4.78 is 30.9. The number of amides is 1. The Kier molecular flexibility index (Phi) is 5.25. The van der Waals surface area contributed by atoms with Gasteiger partial charge in [0.05, 0.1) is 18.1 Å². The molecule has 0 spiro atoms. The van der Waals surface area contributed by atoms with Crippen LogP contribution in [0.4, 0.5) is 5.69 Å². The standard InChI is InChI=1S/C12H16N2O6S/c1-4-8(2)12(15)13-21(18,19)11-6-5-9(20-3)7-10(11)14(16)17/h5-8H,4H2,1-3H3,(H,13,15). The summed E-state index contributed by atoms with van der Waals surface area (Å²) in [6.07, 6.45) is 0.450. The van der Waals surface area contributed by atoms with E-state index in [1.807, 2.05) is 4.72 Å². The highest BCUT2D eigenvalue weighted by Gasteiger charge is 2.29. The van der Waals surface area contributed by atoms with Gasteiger partial charge in [-0.05, 0) is 18.6 Å². The third-order valence-corrected chi connectivity index (χ3v) is 4.34. The van der Waals surface area contributed by atoms with Crippen molar-refractivity contribution in [1.82, 2.24) is 4.72 Å². The van der Waals surface area contributed by atoms with Crippen LogP contribution in [0, 0.1) is 16.0 Å². The lowest BCUT2D eigenvalue weighted by Gasteiger charge is -2.11. The van der Waals surface area contributed by atoms with E-state index in [2.05, 4.69) is 0 Å². The van der Waals surface area contributed by atoms with E-state index in [0.29, 0.717) is 6.42 Å². The molecule has 1 aromatic carbocycles. The van der Waals surface area contributed by atoms with E-state index < -0.39 is 37.4 Å². The maximum Gasteiger partial charge on any atom is 0.293 e. The lowest BCUT2D eigenvalue weighted by Crippen LogP contribution is -2.34. The number of rotatable bonds is 6.